The molecule has 3 N–H and O–H groups in total. The number of nitrogens with two attached hydrogens (primary N) is 1. The standard InChI is InChI=1S/C12H19N3O3S2/c1-9(2)15(7-4-8-16)20(17,18)10-5-3-6-14-11(10)12(13)19/h3,5-6,9,16H,4,7-8H2,1-2H3,(H2,13,19). The highest BCUT2D eigenvalue weighted by atomic mass is 32.2. The molecule has 1 heterocycles. The van der Waals surface area contributed by atoms with Gasteiger partial charge in [-0.1, -0.05) is 12.2 Å². The molecule has 0 unspecified atom stereocenters. The summed E-state index contributed by atoms with van der Waals surface area (Å²) < 4.78 is 26.7. The zero-order valence-electron chi connectivity index (χ0n) is 11.5. The van der Waals surface area contributed by atoms with Crippen LogP contribution in [-0.2, 0) is 10.0 Å². The van der Waals surface area contributed by atoms with E-state index in [0.717, 1.165) is 0 Å². The predicted molar refractivity (Wildman–Crippen MR) is 80.9 cm³/mol. The van der Waals surface area contributed by atoms with E-state index >= 15 is 0 Å². The Bertz CT molecular complexity index is 573. The van der Waals surface area contributed by atoms with Gasteiger partial charge in [0.1, 0.15) is 15.6 Å². The number of hydrogen-bond donors (Lipinski definition) is 2. The van der Waals surface area contributed by atoms with E-state index in [2.05, 4.69) is 4.98 Å². The first-order valence-electron chi connectivity index (χ1n) is 6.20. The fourth-order valence-corrected chi connectivity index (χ4v) is 3.85. The van der Waals surface area contributed by atoms with Gasteiger partial charge in [-0.3, -0.25) is 4.98 Å². The lowest BCUT2D eigenvalue weighted by Crippen LogP contribution is -2.39. The largest absolute Gasteiger partial charge is 0.396 e. The monoisotopic (exact) mass is 317 g/mol. The van der Waals surface area contributed by atoms with Gasteiger partial charge in [0.2, 0.25) is 10.0 Å². The van der Waals surface area contributed by atoms with Crippen LogP contribution in [0.5, 0.6) is 0 Å². The molecular weight excluding hydrogens is 298 g/mol. The number of aliphatic hydroxyl groups is 1. The van der Waals surface area contributed by atoms with Gasteiger partial charge < -0.3 is 10.8 Å². The third-order valence-corrected chi connectivity index (χ3v) is 5.00. The van der Waals surface area contributed by atoms with Gasteiger partial charge >= 0.3 is 0 Å². The molecule has 6 nitrogen and oxygen atoms in total. The van der Waals surface area contributed by atoms with Crippen LogP contribution in [0.3, 0.4) is 0 Å². The van der Waals surface area contributed by atoms with Crippen LogP contribution in [0.1, 0.15) is 26.0 Å². The smallest absolute Gasteiger partial charge is 0.245 e. The van der Waals surface area contributed by atoms with Gasteiger partial charge in [0.25, 0.3) is 0 Å². The number of hydrogen-bond acceptors (Lipinski definition) is 5. The van der Waals surface area contributed by atoms with E-state index in [1.165, 1.54) is 22.6 Å². The molecule has 1 aromatic heterocycles. The minimum absolute atomic E-state index is 0.000796. The number of aliphatic hydroxyl groups excluding tert-OH is 1. The summed E-state index contributed by atoms with van der Waals surface area (Å²) in [5, 5.41) is 8.90. The SMILES string of the molecule is CC(C)N(CCCO)S(=O)(=O)c1cccnc1C(N)=S. The Labute approximate surface area is 124 Å². The molecule has 1 aromatic rings. The second-order valence-corrected chi connectivity index (χ2v) is 6.80. The van der Waals surface area contributed by atoms with Gasteiger partial charge in [-0.2, -0.15) is 4.31 Å². The Morgan fingerprint density at radius 3 is 2.70 bits per heavy atom. The summed E-state index contributed by atoms with van der Waals surface area (Å²) in [5.41, 5.74) is 5.63. The molecule has 0 bridgehead atoms. The number of nitrogens with zero attached hydrogens (tertiary/aromatic N) is 2. The van der Waals surface area contributed by atoms with E-state index < -0.39 is 10.0 Å². The molecule has 0 fully saturated rings. The van der Waals surface area contributed by atoms with Crippen LogP contribution >= 0.6 is 12.2 Å². The van der Waals surface area contributed by atoms with Crippen molar-refractivity contribution in [2.75, 3.05) is 13.2 Å². The predicted octanol–water partition coefficient (Wildman–Crippen LogP) is 0.497. The lowest BCUT2D eigenvalue weighted by atomic mass is 10.3. The molecule has 8 heteroatoms. The van der Waals surface area contributed by atoms with Crippen LogP contribution in [0.25, 0.3) is 0 Å². The van der Waals surface area contributed by atoms with Crippen molar-refractivity contribution in [3.8, 4) is 0 Å². The molecule has 0 aliphatic rings. The van der Waals surface area contributed by atoms with Crippen molar-refractivity contribution in [1.82, 2.24) is 9.29 Å². The van der Waals surface area contributed by atoms with Gasteiger partial charge in [0.15, 0.2) is 0 Å². The lowest BCUT2D eigenvalue weighted by molar-refractivity contribution is 0.258. The molecule has 0 spiro atoms. The summed E-state index contributed by atoms with van der Waals surface area (Å²) in [6.45, 7) is 3.69. The number of aromatic nitrogens is 1. The zero-order valence-corrected chi connectivity index (χ0v) is 13.1. The van der Waals surface area contributed by atoms with Gasteiger partial charge in [-0.25, -0.2) is 8.42 Å². The van der Waals surface area contributed by atoms with Crippen LogP contribution in [0.4, 0.5) is 0 Å². The van der Waals surface area contributed by atoms with Crippen molar-refractivity contribution in [1.29, 1.82) is 0 Å². The highest BCUT2D eigenvalue weighted by Gasteiger charge is 2.29. The molecule has 0 aliphatic heterocycles. The molecule has 0 saturated heterocycles. The van der Waals surface area contributed by atoms with Crippen LogP contribution in [0.15, 0.2) is 23.2 Å². The Morgan fingerprint density at radius 2 is 2.20 bits per heavy atom. The average Bonchev–Trinajstić information content (AvgIpc) is 2.38. The first-order valence-corrected chi connectivity index (χ1v) is 8.04. The second-order valence-electron chi connectivity index (χ2n) is 4.50. The summed E-state index contributed by atoms with van der Waals surface area (Å²) in [7, 11) is -3.76. The molecule has 0 radical (unpaired) electrons. The molecule has 0 atom stereocenters. The quantitative estimate of drug-likeness (QED) is 0.711. The first kappa shape index (κ1) is 17.0. The van der Waals surface area contributed by atoms with Crippen molar-refractivity contribution in [3.05, 3.63) is 24.0 Å². The molecule has 1 rings (SSSR count). The van der Waals surface area contributed by atoms with Crippen molar-refractivity contribution < 1.29 is 13.5 Å². The molecule has 112 valence electrons. The van der Waals surface area contributed by atoms with Crippen molar-refractivity contribution in [3.63, 3.8) is 0 Å². The Kier molecular flexibility index (Phi) is 6.00. The van der Waals surface area contributed by atoms with Crippen LogP contribution in [0, 0.1) is 0 Å². The van der Waals surface area contributed by atoms with Crippen molar-refractivity contribution in [2.24, 2.45) is 5.73 Å². The molecule has 0 aliphatic carbocycles. The number of pyridine rings is 1. The van der Waals surface area contributed by atoms with E-state index in [-0.39, 0.29) is 34.8 Å². The normalized spacial score (nSPS) is 12.1. The lowest BCUT2D eigenvalue weighted by Gasteiger charge is -2.26. The van der Waals surface area contributed by atoms with Crippen LogP contribution in [-0.4, -0.2) is 47.0 Å². The third kappa shape index (κ3) is 3.72. The summed E-state index contributed by atoms with van der Waals surface area (Å²) >= 11 is 4.85. The van der Waals surface area contributed by atoms with E-state index in [4.69, 9.17) is 23.1 Å². The van der Waals surface area contributed by atoms with Crippen LogP contribution < -0.4 is 5.73 Å². The Balaban J connectivity index is 3.30. The van der Waals surface area contributed by atoms with Gasteiger partial charge in [0, 0.05) is 25.4 Å². The van der Waals surface area contributed by atoms with Gasteiger partial charge in [0.05, 0.1) is 0 Å². The van der Waals surface area contributed by atoms with Crippen molar-refractivity contribution >= 4 is 27.2 Å². The summed E-state index contributed by atoms with van der Waals surface area (Å²) in [4.78, 5) is 3.88. The Hall–Kier alpha value is -1.09. The number of rotatable bonds is 7. The van der Waals surface area contributed by atoms with Gasteiger partial charge in [-0.15, -0.1) is 0 Å². The van der Waals surface area contributed by atoms with Crippen molar-refractivity contribution in [2.45, 2.75) is 31.2 Å². The fraction of sp³-hybridized carbons (Fsp3) is 0.500. The van der Waals surface area contributed by atoms with E-state index in [9.17, 15) is 8.42 Å². The highest BCUT2D eigenvalue weighted by molar-refractivity contribution is 7.89. The summed E-state index contributed by atoms with van der Waals surface area (Å²) in [5.74, 6) is 0. The maximum atomic E-state index is 12.7. The third-order valence-electron chi connectivity index (χ3n) is 2.70. The summed E-state index contributed by atoms with van der Waals surface area (Å²) in [6, 6.07) is 2.72. The van der Waals surface area contributed by atoms with E-state index in [1.54, 1.807) is 13.8 Å². The molecule has 0 amide bonds. The van der Waals surface area contributed by atoms with Gasteiger partial charge in [-0.05, 0) is 32.4 Å². The second kappa shape index (κ2) is 7.07. The molecule has 20 heavy (non-hydrogen) atoms. The number of sulfonamides is 1. The minimum Gasteiger partial charge on any atom is -0.396 e. The maximum Gasteiger partial charge on any atom is 0.245 e. The molecular formula is C12H19N3O3S2. The topological polar surface area (TPSA) is 96.5 Å². The maximum absolute atomic E-state index is 12.7. The molecule has 0 saturated carbocycles. The van der Waals surface area contributed by atoms with E-state index in [0.29, 0.717) is 6.42 Å². The zero-order chi connectivity index (χ0) is 15.3. The highest BCUT2D eigenvalue weighted by Crippen LogP contribution is 2.21. The fourth-order valence-electron chi connectivity index (χ4n) is 1.79. The first-order chi connectivity index (χ1) is 9.32. The Morgan fingerprint density at radius 1 is 1.55 bits per heavy atom. The van der Waals surface area contributed by atoms with Crippen LogP contribution in [0.2, 0.25) is 0 Å². The average molecular weight is 317 g/mol. The molecule has 0 aromatic carbocycles. The van der Waals surface area contributed by atoms with E-state index in [1.807, 2.05) is 0 Å². The minimum atomic E-state index is -3.76. The summed E-state index contributed by atoms with van der Waals surface area (Å²) in [6.07, 6.45) is 1.81. The number of thiocarbonyl (C=S) groups is 1.